The van der Waals surface area contributed by atoms with Gasteiger partial charge in [0.15, 0.2) is 0 Å². The van der Waals surface area contributed by atoms with Gasteiger partial charge in [0.05, 0.1) is 33.0 Å². The van der Waals surface area contributed by atoms with Crippen molar-refractivity contribution in [2.24, 2.45) is 5.41 Å². The molecule has 1 N–H and O–H groups in total. The first kappa shape index (κ1) is 16.9. The van der Waals surface area contributed by atoms with Crippen molar-refractivity contribution >= 4 is 0 Å². The Hall–Kier alpha value is -0.160. The third kappa shape index (κ3) is 8.58. The van der Waals surface area contributed by atoms with Gasteiger partial charge < -0.3 is 19.5 Å². The second-order valence-corrected chi connectivity index (χ2v) is 6.11. The van der Waals surface area contributed by atoms with Gasteiger partial charge in [-0.3, -0.25) is 0 Å². The van der Waals surface area contributed by atoms with Crippen LogP contribution >= 0.6 is 0 Å². The van der Waals surface area contributed by atoms with Gasteiger partial charge in [0, 0.05) is 19.7 Å². The Morgan fingerprint density at radius 3 is 2.16 bits per heavy atom. The SMILES string of the molecule is COCCOCCOCCNC1CCC(C)(C)CC1. The largest absolute Gasteiger partial charge is 0.382 e. The van der Waals surface area contributed by atoms with Crippen molar-refractivity contribution in [2.45, 2.75) is 45.6 Å². The zero-order valence-electron chi connectivity index (χ0n) is 12.9. The minimum atomic E-state index is 0.550. The van der Waals surface area contributed by atoms with E-state index in [0.29, 0.717) is 37.9 Å². The first-order valence-corrected chi connectivity index (χ1v) is 7.52. The van der Waals surface area contributed by atoms with Gasteiger partial charge >= 0.3 is 0 Å². The van der Waals surface area contributed by atoms with E-state index in [0.717, 1.165) is 13.2 Å². The third-order valence-electron chi connectivity index (χ3n) is 3.82. The highest BCUT2D eigenvalue weighted by Gasteiger charge is 2.26. The van der Waals surface area contributed by atoms with Gasteiger partial charge in [-0.25, -0.2) is 0 Å². The summed E-state index contributed by atoms with van der Waals surface area (Å²) in [5.41, 5.74) is 0.550. The second kappa shape index (κ2) is 9.70. The highest BCUT2D eigenvalue weighted by atomic mass is 16.5. The van der Waals surface area contributed by atoms with Crippen LogP contribution in [0.2, 0.25) is 0 Å². The normalized spacial score (nSPS) is 19.7. The Morgan fingerprint density at radius 2 is 1.53 bits per heavy atom. The first-order chi connectivity index (χ1) is 9.14. The number of nitrogens with one attached hydrogen (secondary N) is 1. The quantitative estimate of drug-likeness (QED) is 0.620. The summed E-state index contributed by atoms with van der Waals surface area (Å²) in [6.07, 6.45) is 5.26. The van der Waals surface area contributed by atoms with Crippen LogP contribution in [-0.2, 0) is 14.2 Å². The molecule has 0 amide bonds. The maximum Gasteiger partial charge on any atom is 0.0701 e. The molecular weight excluding hydrogens is 242 g/mol. The highest BCUT2D eigenvalue weighted by molar-refractivity contribution is 4.81. The van der Waals surface area contributed by atoms with Crippen molar-refractivity contribution in [2.75, 3.05) is 46.7 Å². The number of hydrogen-bond donors (Lipinski definition) is 1. The Labute approximate surface area is 118 Å². The van der Waals surface area contributed by atoms with E-state index in [1.54, 1.807) is 7.11 Å². The van der Waals surface area contributed by atoms with E-state index in [4.69, 9.17) is 14.2 Å². The van der Waals surface area contributed by atoms with Crippen LogP contribution < -0.4 is 5.32 Å². The molecule has 0 spiro atoms. The lowest BCUT2D eigenvalue weighted by Gasteiger charge is -2.34. The van der Waals surface area contributed by atoms with Crippen LogP contribution in [0.5, 0.6) is 0 Å². The van der Waals surface area contributed by atoms with Gasteiger partial charge in [-0.15, -0.1) is 0 Å². The molecular formula is C15H31NO3. The minimum Gasteiger partial charge on any atom is -0.382 e. The van der Waals surface area contributed by atoms with Crippen LogP contribution in [0.3, 0.4) is 0 Å². The molecule has 0 unspecified atom stereocenters. The Balaban J connectivity index is 1.84. The maximum atomic E-state index is 5.52. The summed E-state index contributed by atoms with van der Waals surface area (Å²) in [6, 6.07) is 0.689. The zero-order valence-corrected chi connectivity index (χ0v) is 12.9. The second-order valence-electron chi connectivity index (χ2n) is 6.11. The lowest BCUT2D eigenvalue weighted by atomic mass is 9.75. The van der Waals surface area contributed by atoms with Crippen LogP contribution in [0.1, 0.15) is 39.5 Å². The summed E-state index contributed by atoms with van der Waals surface area (Å²) >= 11 is 0. The molecule has 0 aliphatic heterocycles. The van der Waals surface area contributed by atoms with E-state index in [1.807, 2.05) is 0 Å². The van der Waals surface area contributed by atoms with Gasteiger partial charge in [-0.1, -0.05) is 13.8 Å². The van der Waals surface area contributed by atoms with Gasteiger partial charge in [-0.2, -0.15) is 0 Å². The van der Waals surface area contributed by atoms with E-state index in [9.17, 15) is 0 Å². The fourth-order valence-corrected chi connectivity index (χ4v) is 2.40. The molecule has 1 saturated carbocycles. The molecule has 4 heteroatoms. The predicted molar refractivity (Wildman–Crippen MR) is 77.6 cm³/mol. The molecule has 0 bridgehead atoms. The van der Waals surface area contributed by atoms with Gasteiger partial charge in [0.2, 0.25) is 0 Å². The van der Waals surface area contributed by atoms with E-state index >= 15 is 0 Å². The molecule has 4 nitrogen and oxygen atoms in total. The Bertz CT molecular complexity index is 211. The zero-order chi connectivity index (χ0) is 14.0. The molecule has 0 aromatic rings. The smallest absolute Gasteiger partial charge is 0.0701 e. The summed E-state index contributed by atoms with van der Waals surface area (Å²) in [5, 5.41) is 3.58. The molecule has 1 aliphatic carbocycles. The van der Waals surface area contributed by atoms with E-state index in [-0.39, 0.29) is 0 Å². The molecule has 114 valence electrons. The van der Waals surface area contributed by atoms with Gasteiger partial charge in [0.25, 0.3) is 0 Å². The number of ether oxygens (including phenoxy) is 3. The summed E-state index contributed by atoms with van der Waals surface area (Å²) in [4.78, 5) is 0. The lowest BCUT2D eigenvalue weighted by molar-refractivity contribution is 0.0248. The van der Waals surface area contributed by atoms with Crippen molar-refractivity contribution in [3.05, 3.63) is 0 Å². The predicted octanol–water partition coefficient (Wildman–Crippen LogP) is 2.22. The summed E-state index contributed by atoms with van der Waals surface area (Å²) in [6.45, 7) is 9.09. The standard InChI is InChI=1S/C15H31NO3/c1-15(2)6-4-14(5-7-15)16-8-9-18-12-13-19-11-10-17-3/h14,16H,4-13H2,1-3H3. The molecule has 0 aromatic heterocycles. The van der Waals surface area contributed by atoms with E-state index in [1.165, 1.54) is 25.7 Å². The minimum absolute atomic E-state index is 0.550. The van der Waals surface area contributed by atoms with Crippen LogP contribution in [0.25, 0.3) is 0 Å². The third-order valence-corrected chi connectivity index (χ3v) is 3.82. The number of hydrogen-bond acceptors (Lipinski definition) is 4. The Morgan fingerprint density at radius 1 is 0.947 bits per heavy atom. The fourth-order valence-electron chi connectivity index (χ4n) is 2.40. The molecule has 0 atom stereocenters. The van der Waals surface area contributed by atoms with Crippen molar-refractivity contribution in [1.82, 2.24) is 5.32 Å². The van der Waals surface area contributed by atoms with E-state index < -0.39 is 0 Å². The summed E-state index contributed by atoms with van der Waals surface area (Å²) in [5.74, 6) is 0. The monoisotopic (exact) mass is 273 g/mol. The lowest BCUT2D eigenvalue weighted by Crippen LogP contribution is -2.37. The topological polar surface area (TPSA) is 39.7 Å². The summed E-state index contributed by atoms with van der Waals surface area (Å²) in [7, 11) is 1.68. The average Bonchev–Trinajstić information content (AvgIpc) is 2.38. The molecule has 1 aliphatic rings. The average molecular weight is 273 g/mol. The molecule has 19 heavy (non-hydrogen) atoms. The maximum absolute atomic E-state index is 5.52. The number of rotatable bonds is 10. The first-order valence-electron chi connectivity index (χ1n) is 7.52. The number of methoxy groups -OCH3 is 1. The molecule has 0 heterocycles. The molecule has 0 radical (unpaired) electrons. The van der Waals surface area contributed by atoms with Crippen molar-refractivity contribution in [3.63, 3.8) is 0 Å². The summed E-state index contributed by atoms with van der Waals surface area (Å²) < 4.78 is 15.7. The van der Waals surface area contributed by atoms with Crippen molar-refractivity contribution in [3.8, 4) is 0 Å². The molecule has 0 aromatic carbocycles. The van der Waals surface area contributed by atoms with Crippen molar-refractivity contribution in [1.29, 1.82) is 0 Å². The fraction of sp³-hybridized carbons (Fsp3) is 1.00. The van der Waals surface area contributed by atoms with Crippen LogP contribution in [0.4, 0.5) is 0 Å². The van der Waals surface area contributed by atoms with Crippen LogP contribution in [0, 0.1) is 5.41 Å². The van der Waals surface area contributed by atoms with Crippen LogP contribution in [-0.4, -0.2) is 52.7 Å². The van der Waals surface area contributed by atoms with Gasteiger partial charge in [0.1, 0.15) is 0 Å². The van der Waals surface area contributed by atoms with Crippen molar-refractivity contribution < 1.29 is 14.2 Å². The van der Waals surface area contributed by atoms with E-state index in [2.05, 4.69) is 19.2 Å². The molecule has 1 fully saturated rings. The van der Waals surface area contributed by atoms with Gasteiger partial charge in [-0.05, 0) is 31.1 Å². The molecule has 0 saturated heterocycles. The molecule has 1 rings (SSSR count). The highest BCUT2D eigenvalue weighted by Crippen LogP contribution is 2.34. The van der Waals surface area contributed by atoms with Crippen LogP contribution in [0.15, 0.2) is 0 Å². The Kier molecular flexibility index (Phi) is 8.62.